The Labute approximate surface area is 70.7 Å². The molecule has 0 aliphatic rings. The minimum absolute atomic E-state index is 0.193. The third kappa shape index (κ3) is 1.57. The van der Waals surface area contributed by atoms with Crippen molar-refractivity contribution in [2.24, 2.45) is 0 Å². The molecule has 0 radical (unpaired) electrons. The molecule has 0 fully saturated rings. The summed E-state index contributed by atoms with van der Waals surface area (Å²) in [6.07, 6.45) is 3.49. The van der Waals surface area contributed by atoms with Crippen molar-refractivity contribution in [1.29, 1.82) is 10.7 Å². The average molecular weight is 158 g/mol. The molecule has 1 heterocycles. The van der Waals surface area contributed by atoms with E-state index in [4.69, 9.17) is 10.7 Å². The number of nitriles is 1. The van der Waals surface area contributed by atoms with Gasteiger partial charge in [-0.1, -0.05) is 0 Å². The quantitative estimate of drug-likeness (QED) is 0.368. The highest BCUT2D eigenvalue weighted by Gasteiger charge is 2.06. The van der Waals surface area contributed by atoms with Crippen molar-refractivity contribution in [1.82, 2.24) is 0 Å². The molecule has 3 nitrogen and oxygen atoms in total. The van der Waals surface area contributed by atoms with Crippen molar-refractivity contribution >= 4 is 11.6 Å². The van der Waals surface area contributed by atoms with Gasteiger partial charge < -0.3 is 0 Å². The number of aromatic nitrogens is 1. The fourth-order valence-electron chi connectivity index (χ4n) is 0.882. The zero-order valence-corrected chi connectivity index (χ0v) is 6.70. The minimum Gasteiger partial charge on any atom is -0.252 e. The molecule has 0 spiro atoms. The fraction of sp³-hybridized carbons (Fsp3) is 0.111. The molecular formula is C9H8N3+. The van der Waals surface area contributed by atoms with E-state index in [1.807, 2.05) is 25.1 Å². The molecule has 1 aromatic heterocycles. The maximum atomic E-state index is 8.58. The highest BCUT2D eigenvalue weighted by Crippen LogP contribution is 1.92. The molecule has 12 heavy (non-hydrogen) atoms. The number of pyridine rings is 1. The summed E-state index contributed by atoms with van der Waals surface area (Å²) in [4.78, 5) is 0. The van der Waals surface area contributed by atoms with E-state index in [2.05, 4.69) is 5.87 Å². The standard InChI is InChI=1S/C9H8N3/c1-8-3-2-4-12(7-8)9(5-10)6-11/h2-4,7,10H,1H3/q+1. The summed E-state index contributed by atoms with van der Waals surface area (Å²) in [5.41, 5.74) is 1.24. The second-order valence-electron chi connectivity index (χ2n) is 2.37. The molecule has 3 heteroatoms. The van der Waals surface area contributed by atoms with E-state index in [-0.39, 0.29) is 5.70 Å². The van der Waals surface area contributed by atoms with Gasteiger partial charge in [-0.3, -0.25) is 5.41 Å². The van der Waals surface area contributed by atoms with Crippen LogP contribution in [-0.4, -0.2) is 5.87 Å². The number of nitrogens with one attached hydrogen (secondary N) is 1. The van der Waals surface area contributed by atoms with Gasteiger partial charge in [-0.15, -0.1) is 4.57 Å². The molecular weight excluding hydrogens is 150 g/mol. The van der Waals surface area contributed by atoms with E-state index in [9.17, 15) is 0 Å². The van der Waals surface area contributed by atoms with Crippen molar-refractivity contribution in [3.63, 3.8) is 0 Å². The van der Waals surface area contributed by atoms with Crippen molar-refractivity contribution < 1.29 is 4.57 Å². The van der Waals surface area contributed by atoms with Crippen LogP contribution in [0.5, 0.6) is 0 Å². The Morgan fingerprint density at radius 3 is 2.92 bits per heavy atom. The summed E-state index contributed by atoms with van der Waals surface area (Å²) >= 11 is 0. The molecule has 1 aromatic rings. The van der Waals surface area contributed by atoms with E-state index in [1.165, 1.54) is 0 Å². The third-order valence-corrected chi connectivity index (χ3v) is 1.43. The number of aryl methyl sites for hydroxylation is 1. The second-order valence-corrected chi connectivity index (χ2v) is 2.37. The first-order valence-corrected chi connectivity index (χ1v) is 3.46. The first-order valence-electron chi connectivity index (χ1n) is 3.46. The van der Waals surface area contributed by atoms with Crippen LogP contribution in [0.2, 0.25) is 0 Å². The predicted molar refractivity (Wildman–Crippen MR) is 44.4 cm³/mol. The molecule has 58 valence electrons. The van der Waals surface area contributed by atoms with Gasteiger partial charge in [0.1, 0.15) is 0 Å². The number of nitrogens with zero attached hydrogens (tertiary/aromatic N) is 2. The van der Waals surface area contributed by atoms with Crippen molar-refractivity contribution in [2.45, 2.75) is 6.92 Å². The number of allylic oxidation sites excluding steroid dienone is 1. The summed E-state index contributed by atoms with van der Waals surface area (Å²) in [6, 6.07) is 5.63. The smallest absolute Gasteiger partial charge is 0.252 e. The lowest BCUT2D eigenvalue weighted by atomic mass is 10.3. The van der Waals surface area contributed by atoms with Crippen LogP contribution in [0.4, 0.5) is 0 Å². The molecule has 0 amide bonds. The summed E-state index contributed by atoms with van der Waals surface area (Å²) in [5, 5.41) is 15.4. The van der Waals surface area contributed by atoms with Crippen molar-refractivity contribution in [3.8, 4) is 6.07 Å². The zero-order chi connectivity index (χ0) is 8.97. The molecule has 0 bridgehead atoms. The fourth-order valence-corrected chi connectivity index (χ4v) is 0.882. The monoisotopic (exact) mass is 158 g/mol. The molecule has 0 atom stereocenters. The van der Waals surface area contributed by atoms with Crippen LogP contribution in [0, 0.1) is 23.7 Å². The van der Waals surface area contributed by atoms with E-state index in [0.29, 0.717) is 0 Å². The number of hydrogen-bond acceptors (Lipinski definition) is 2. The molecule has 1 rings (SSSR count). The second kappa shape index (κ2) is 3.47. The lowest BCUT2D eigenvalue weighted by Crippen LogP contribution is -2.31. The van der Waals surface area contributed by atoms with Crippen LogP contribution in [-0.2, 0) is 0 Å². The molecule has 0 aliphatic carbocycles. The van der Waals surface area contributed by atoms with Crippen LogP contribution in [0.15, 0.2) is 24.5 Å². The van der Waals surface area contributed by atoms with E-state index >= 15 is 0 Å². The Balaban J connectivity index is 3.22. The molecule has 0 aromatic carbocycles. The lowest BCUT2D eigenvalue weighted by Gasteiger charge is -1.89. The third-order valence-electron chi connectivity index (χ3n) is 1.43. The molecule has 0 saturated carbocycles. The van der Waals surface area contributed by atoms with E-state index in [0.717, 1.165) is 5.56 Å². The molecule has 0 saturated heterocycles. The van der Waals surface area contributed by atoms with Gasteiger partial charge in [-0.05, 0) is 13.0 Å². The van der Waals surface area contributed by atoms with Gasteiger partial charge in [0.25, 0.3) is 0 Å². The Morgan fingerprint density at radius 2 is 2.42 bits per heavy atom. The van der Waals surface area contributed by atoms with Crippen LogP contribution in [0.3, 0.4) is 0 Å². The van der Waals surface area contributed by atoms with Gasteiger partial charge in [-0.25, -0.2) is 0 Å². The largest absolute Gasteiger partial charge is 0.351 e. The summed E-state index contributed by atoms with van der Waals surface area (Å²) in [7, 11) is 0. The highest BCUT2D eigenvalue weighted by molar-refractivity contribution is 5.80. The summed E-state index contributed by atoms with van der Waals surface area (Å²) in [6.45, 7) is 1.93. The van der Waals surface area contributed by atoms with Crippen molar-refractivity contribution in [3.05, 3.63) is 30.1 Å². The zero-order valence-electron chi connectivity index (χ0n) is 6.70. The SMILES string of the molecule is Cc1ccc[n+](C(=C=N)C#N)c1. The van der Waals surface area contributed by atoms with Gasteiger partial charge >= 0.3 is 5.70 Å². The first kappa shape index (κ1) is 8.19. The van der Waals surface area contributed by atoms with Gasteiger partial charge in [0, 0.05) is 11.6 Å². The predicted octanol–water partition coefficient (Wildman–Crippen LogP) is 0.895. The van der Waals surface area contributed by atoms with Gasteiger partial charge in [-0.2, -0.15) is 5.26 Å². The van der Waals surface area contributed by atoms with Gasteiger partial charge in [0.05, 0.1) is 5.87 Å². The molecule has 0 aliphatic heterocycles. The van der Waals surface area contributed by atoms with Crippen LogP contribution in [0.25, 0.3) is 5.70 Å². The summed E-state index contributed by atoms with van der Waals surface area (Å²) < 4.78 is 1.57. The van der Waals surface area contributed by atoms with E-state index in [1.54, 1.807) is 17.0 Å². The lowest BCUT2D eigenvalue weighted by molar-refractivity contribution is -0.576. The Morgan fingerprint density at radius 1 is 1.67 bits per heavy atom. The Kier molecular flexibility index (Phi) is 2.37. The van der Waals surface area contributed by atoms with Crippen LogP contribution in [0.1, 0.15) is 5.56 Å². The first-order chi connectivity index (χ1) is 5.77. The topological polar surface area (TPSA) is 51.5 Å². The Hall–Kier alpha value is -1.91. The normalized spacial score (nSPS) is 8.33. The molecule has 0 unspecified atom stereocenters. The summed E-state index contributed by atoms with van der Waals surface area (Å²) in [5.74, 6) is 2.06. The number of rotatable bonds is 1. The Bertz CT molecular complexity index is 381. The van der Waals surface area contributed by atoms with Crippen LogP contribution >= 0.6 is 0 Å². The van der Waals surface area contributed by atoms with Gasteiger partial charge in [0.15, 0.2) is 18.5 Å². The van der Waals surface area contributed by atoms with Crippen molar-refractivity contribution in [2.75, 3.05) is 0 Å². The maximum absolute atomic E-state index is 8.58. The van der Waals surface area contributed by atoms with Gasteiger partial charge in [0.2, 0.25) is 0 Å². The number of hydrogen-bond donors (Lipinski definition) is 1. The minimum atomic E-state index is 0.193. The molecule has 1 N–H and O–H groups in total. The van der Waals surface area contributed by atoms with E-state index < -0.39 is 0 Å². The van der Waals surface area contributed by atoms with Crippen LogP contribution < -0.4 is 4.57 Å². The maximum Gasteiger partial charge on any atom is 0.351 e. The highest BCUT2D eigenvalue weighted by atomic mass is 14.9. The average Bonchev–Trinajstić information content (AvgIpc) is 2.07.